The van der Waals surface area contributed by atoms with Crippen molar-refractivity contribution >= 4 is 40.8 Å². The summed E-state index contributed by atoms with van der Waals surface area (Å²) in [5, 5.41) is 4.89. The van der Waals surface area contributed by atoms with E-state index in [0.717, 1.165) is 64.5 Å². The van der Waals surface area contributed by atoms with Crippen molar-refractivity contribution in [3.63, 3.8) is 0 Å². The lowest BCUT2D eigenvalue weighted by Crippen LogP contribution is -2.47. The van der Waals surface area contributed by atoms with Crippen LogP contribution < -0.4 is 5.32 Å². The Balaban J connectivity index is 0.00000300. The van der Waals surface area contributed by atoms with Gasteiger partial charge in [0, 0.05) is 64.1 Å². The number of aromatic nitrogens is 1. The number of guanidine groups is 1. The molecule has 0 radical (unpaired) electrons. The molecular weight excluding hydrogens is 479 g/mol. The molecule has 0 bridgehead atoms. The molecule has 6 nitrogen and oxygen atoms in total. The average molecular weight is 514 g/mol. The van der Waals surface area contributed by atoms with Gasteiger partial charge in [0.2, 0.25) is 0 Å². The molecule has 0 aliphatic carbocycles. The second kappa shape index (κ2) is 12.4. The molecule has 1 aliphatic heterocycles. The zero-order valence-corrected chi connectivity index (χ0v) is 20.2. The van der Waals surface area contributed by atoms with Crippen LogP contribution in [0.2, 0.25) is 0 Å². The number of aromatic amines is 1. The van der Waals surface area contributed by atoms with E-state index >= 15 is 0 Å². The minimum absolute atomic E-state index is 0. The van der Waals surface area contributed by atoms with Gasteiger partial charge in [0.1, 0.15) is 0 Å². The van der Waals surface area contributed by atoms with Gasteiger partial charge < -0.3 is 24.7 Å². The predicted octanol–water partition coefficient (Wildman–Crippen LogP) is 3.73. The normalized spacial score (nSPS) is 15.6. The predicted molar refractivity (Wildman–Crippen MR) is 131 cm³/mol. The van der Waals surface area contributed by atoms with Gasteiger partial charge in [0.15, 0.2) is 5.96 Å². The molecule has 1 aromatic carbocycles. The molecule has 7 heteroatoms. The van der Waals surface area contributed by atoms with Gasteiger partial charge in [0.25, 0.3) is 0 Å². The molecule has 0 saturated carbocycles. The minimum atomic E-state index is 0. The van der Waals surface area contributed by atoms with Crippen molar-refractivity contribution in [2.75, 3.05) is 47.0 Å². The number of hydrogen-bond acceptors (Lipinski definition) is 3. The van der Waals surface area contributed by atoms with E-state index in [-0.39, 0.29) is 24.0 Å². The van der Waals surface area contributed by atoms with E-state index < -0.39 is 0 Å². The molecule has 0 spiro atoms. The Morgan fingerprint density at radius 3 is 2.79 bits per heavy atom. The van der Waals surface area contributed by atoms with Gasteiger partial charge in [-0.2, -0.15) is 0 Å². The summed E-state index contributed by atoms with van der Waals surface area (Å²) in [4.78, 5) is 10.2. The maximum absolute atomic E-state index is 5.96. The van der Waals surface area contributed by atoms with Gasteiger partial charge in [-0.3, -0.25) is 4.99 Å². The molecule has 162 valence electrons. The highest BCUT2D eigenvalue weighted by atomic mass is 127. The first kappa shape index (κ1) is 24.0. The number of nitrogens with zero attached hydrogens (tertiary/aromatic N) is 2. The quantitative estimate of drug-likeness (QED) is 0.244. The van der Waals surface area contributed by atoms with Crippen LogP contribution in [0, 0.1) is 6.92 Å². The fraction of sp³-hybridized carbons (Fsp3) is 0.591. The number of rotatable bonds is 8. The van der Waals surface area contributed by atoms with Crippen molar-refractivity contribution < 1.29 is 9.47 Å². The molecule has 1 aromatic heterocycles. The highest BCUT2D eigenvalue weighted by molar-refractivity contribution is 14.0. The van der Waals surface area contributed by atoms with Gasteiger partial charge in [-0.1, -0.05) is 12.1 Å². The number of ether oxygens (including phenoxy) is 2. The van der Waals surface area contributed by atoms with Gasteiger partial charge in [-0.15, -0.1) is 24.0 Å². The van der Waals surface area contributed by atoms with Crippen LogP contribution in [-0.4, -0.2) is 69.0 Å². The summed E-state index contributed by atoms with van der Waals surface area (Å²) in [6.07, 6.45) is 6.54. The number of likely N-dealkylation sites (tertiary alicyclic amines) is 1. The number of aryl methyl sites for hydroxylation is 1. The molecule has 1 fully saturated rings. The van der Waals surface area contributed by atoms with E-state index in [1.54, 1.807) is 7.11 Å². The molecule has 2 aromatic rings. The Labute approximate surface area is 191 Å². The molecule has 0 atom stereocenters. The first-order chi connectivity index (χ1) is 13.7. The van der Waals surface area contributed by atoms with Crippen LogP contribution in [-0.2, 0) is 15.9 Å². The van der Waals surface area contributed by atoms with Crippen molar-refractivity contribution in [1.29, 1.82) is 0 Å². The number of nitrogens with one attached hydrogen (secondary N) is 2. The van der Waals surface area contributed by atoms with Gasteiger partial charge >= 0.3 is 0 Å². The summed E-state index contributed by atoms with van der Waals surface area (Å²) in [5.41, 5.74) is 3.90. The van der Waals surface area contributed by atoms with E-state index in [2.05, 4.69) is 51.5 Å². The van der Waals surface area contributed by atoms with Gasteiger partial charge in [-0.05, 0) is 49.8 Å². The molecule has 2 heterocycles. The average Bonchev–Trinajstić information content (AvgIpc) is 3.14. The number of fused-ring (bicyclic) bond motifs is 1. The zero-order chi connectivity index (χ0) is 19.8. The van der Waals surface area contributed by atoms with Crippen LogP contribution in [0.3, 0.4) is 0 Å². The topological polar surface area (TPSA) is 61.9 Å². The fourth-order valence-corrected chi connectivity index (χ4v) is 3.98. The monoisotopic (exact) mass is 514 g/mol. The Kier molecular flexibility index (Phi) is 10.2. The Hall–Kier alpha value is -1.32. The fourth-order valence-electron chi connectivity index (χ4n) is 3.98. The third-order valence-electron chi connectivity index (χ3n) is 5.47. The number of hydrogen-bond donors (Lipinski definition) is 2. The Morgan fingerprint density at radius 1 is 1.28 bits per heavy atom. The summed E-state index contributed by atoms with van der Waals surface area (Å²) in [6, 6.07) is 6.41. The highest BCUT2D eigenvalue weighted by Crippen LogP contribution is 2.22. The first-order valence-electron chi connectivity index (χ1n) is 10.3. The number of H-pyrrole nitrogens is 1. The summed E-state index contributed by atoms with van der Waals surface area (Å²) in [7, 11) is 3.60. The number of benzene rings is 1. The Bertz CT molecular complexity index is 769. The molecule has 0 unspecified atom stereocenters. The largest absolute Gasteiger partial charge is 0.385 e. The van der Waals surface area contributed by atoms with Crippen LogP contribution >= 0.6 is 24.0 Å². The number of methoxy groups -OCH3 is 1. The Morgan fingerprint density at radius 2 is 2.07 bits per heavy atom. The van der Waals surface area contributed by atoms with Gasteiger partial charge in [-0.25, -0.2) is 0 Å². The lowest BCUT2D eigenvalue weighted by molar-refractivity contribution is 0.00992. The van der Waals surface area contributed by atoms with Crippen LogP contribution in [0.25, 0.3) is 10.9 Å². The van der Waals surface area contributed by atoms with Crippen molar-refractivity contribution in [1.82, 2.24) is 15.2 Å². The van der Waals surface area contributed by atoms with Crippen LogP contribution in [0.5, 0.6) is 0 Å². The third-order valence-corrected chi connectivity index (χ3v) is 5.47. The third kappa shape index (κ3) is 6.58. The molecule has 2 N–H and O–H groups in total. The molecule has 3 rings (SSSR count). The molecule has 1 saturated heterocycles. The summed E-state index contributed by atoms with van der Waals surface area (Å²) in [5.74, 6) is 0.995. The summed E-state index contributed by atoms with van der Waals surface area (Å²) in [6.45, 7) is 6.58. The lowest BCUT2D eigenvalue weighted by Gasteiger charge is -2.34. The second-order valence-electron chi connectivity index (χ2n) is 7.44. The first-order valence-corrected chi connectivity index (χ1v) is 10.3. The summed E-state index contributed by atoms with van der Waals surface area (Å²) < 4.78 is 11.0. The van der Waals surface area contributed by atoms with E-state index in [9.17, 15) is 0 Å². The zero-order valence-electron chi connectivity index (χ0n) is 17.9. The second-order valence-corrected chi connectivity index (χ2v) is 7.44. The van der Waals surface area contributed by atoms with Crippen LogP contribution in [0.4, 0.5) is 0 Å². The van der Waals surface area contributed by atoms with E-state index in [4.69, 9.17) is 9.47 Å². The standard InChI is InChI=1S/C22H34N4O2.HI/c1-17-6-4-7-20-21(17)18(16-25-20)8-11-24-22(23-2)26-12-9-19(10-13-26)28-15-5-14-27-3;/h4,6-7,16,19,25H,5,8-15H2,1-3H3,(H,23,24);1H. The van der Waals surface area contributed by atoms with Crippen LogP contribution in [0.1, 0.15) is 30.4 Å². The van der Waals surface area contributed by atoms with E-state index in [1.807, 2.05) is 7.05 Å². The maximum atomic E-state index is 5.96. The maximum Gasteiger partial charge on any atom is 0.193 e. The van der Waals surface area contributed by atoms with Crippen molar-refractivity contribution in [3.8, 4) is 0 Å². The highest BCUT2D eigenvalue weighted by Gasteiger charge is 2.21. The van der Waals surface area contributed by atoms with Crippen molar-refractivity contribution in [2.24, 2.45) is 4.99 Å². The van der Waals surface area contributed by atoms with Gasteiger partial charge in [0.05, 0.1) is 6.10 Å². The number of halogens is 1. The summed E-state index contributed by atoms with van der Waals surface area (Å²) >= 11 is 0. The lowest BCUT2D eigenvalue weighted by atomic mass is 10.1. The van der Waals surface area contributed by atoms with E-state index in [0.29, 0.717) is 6.10 Å². The van der Waals surface area contributed by atoms with Crippen LogP contribution in [0.15, 0.2) is 29.4 Å². The van der Waals surface area contributed by atoms with Crippen molar-refractivity contribution in [3.05, 3.63) is 35.5 Å². The smallest absolute Gasteiger partial charge is 0.193 e. The molecule has 1 aliphatic rings. The number of aliphatic imine (C=N–C) groups is 1. The molecule has 0 amide bonds. The van der Waals surface area contributed by atoms with E-state index in [1.165, 1.54) is 22.0 Å². The van der Waals surface area contributed by atoms with Crippen molar-refractivity contribution in [2.45, 2.75) is 38.7 Å². The molecular formula is C22H35IN4O2. The SMILES string of the molecule is CN=C(NCCc1c[nH]c2cccc(C)c12)N1CCC(OCCCOC)CC1.I. The number of piperidine rings is 1. The minimum Gasteiger partial charge on any atom is -0.385 e. The molecule has 29 heavy (non-hydrogen) atoms.